The van der Waals surface area contributed by atoms with Crippen LogP contribution < -0.4 is 4.74 Å². The lowest BCUT2D eigenvalue weighted by molar-refractivity contribution is 0.436. The monoisotopic (exact) mass is 616 g/mol. The molecule has 0 saturated carbocycles. The Balaban J connectivity index is 1.13. The van der Waals surface area contributed by atoms with Crippen molar-refractivity contribution >= 4 is 6.08 Å². The van der Waals surface area contributed by atoms with E-state index in [-0.39, 0.29) is 0 Å². The number of nitrogens with zero attached hydrogens (tertiary/aromatic N) is 2. The van der Waals surface area contributed by atoms with Crippen LogP contribution in [0.5, 0.6) is 11.5 Å². The molecule has 1 aromatic heterocycles. The summed E-state index contributed by atoms with van der Waals surface area (Å²) in [6.45, 7) is 2.25. The van der Waals surface area contributed by atoms with Gasteiger partial charge in [-0.15, -0.1) is 0 Å². The molecule has 3 nitrogen and oxygen atoms in total. The van der Waals surface area contributed by atoms with E-state index in [4.69, 9.17) is 9.72 Å². The molecule has 0 N–H and O–H groups in total. The second-order valence-corrected chi connectivity index (χ2v) is 13.2. The number of imidazole rings is 1. The van der Waals surface area contributed by atoms with Gasteiger partial charge in [-0.05, 0) is 82.1 Å². The van der Waals surface area contributed by atoms with Crippen LogP contribution in [0, 0.1) is 5.92 Å². The fourth-order valence-electron chi connectivity index (χ4n) is 8.31. The molecule has 2 aliphatic carbocycles. The van der Waals surface area contributed by atoms with Crippen LogP contribution in [-0.4, -0.2) is 9.55 Å². The standard InChI is InChI=1S/C45H32N2O/c1-29-19-25-41-40(27-29)46-44(47(41)33-11-3-2-4-12-33)31-22-20-30(21-23-31)32-24-26-43-39(28-32)45(38-17-9-10-18-42(38)48-43)36-15-7-5-13-34(36)35-14-6-8-16-37(35)45/h2-26,28-29H,27H2,1H3. The maximum atomic E-state index is 6.65. The predicted octanol–water partition coefficient (Wildman–Crippen LogP) is 10.9. The Hall–Kier alpha value is -5.93. The third-order valence-electron chi connectivity index (χ3n) is 10.4. The summed E-state index contributed by atoms with van der Waals surface area (Å²) >= 11 is 0. The van der Waals surface area contributed by atoms with Gasteiger partial charge in [-0.1, -0.05) is 128 Å². The molecule has 2 heterocycles. The molecule has 10 rings (SSSR count). The van der Waals surface area contributed by atoms with Crippen LogP contribution in [0.3, 0.4) is 0 Å². The van der Waals surface area contributed by atoms with Crippen LogP contribution in [0.15, 0.2) is 152 Å². The highest BCUT2D eigenvalue weighted by Gasteiger charge is 2.51. The molecule has 1 atom stereocenters. The summed E-state index contributed by atoms with van der Waals surface area (Å²) < 4.78 is 8.95. The van der Waals surface area contributed by atoms with Gasteiger partial charge in [0.1, 0.15) is 17.3 Å². The summed E-state index contributed by atoms with van der Waals surface area (Å²) in [7, 11) is 0. The predicted molar refractivity (Wildman–Crippen MR) is 194 cm³/mol. The van der Waals surface area contributed by atoms with Crippen molar-refractivity contribution in [3.63, 3.8) is 0 Å². The molecule has 3 aliphatic rings. The maximum absolute atomic E-state index is 6.65. The number of allylic oxidation sites excluding steroid dienone is 1. The Morgan fingerprint density at radius 3 is 1.96 bits per heavy atom. The van der Waals surface area contributed by atoms with E-state index in [9.17, 15) is 0 Å². The van der Waals surface area contributed by atoms with Crippen LogP contribution in [0.4, 0.5) is 0 Å². The van der Waals surface area contributed by atoms with Gasteiger partial charge in [0.2, 0.25) is 0 Å². The number of ether oxygens (including phenoxy) is 1. The molecule has 6 aromatic carbocycles. The third-order valence-corrected chi connectivity index (χ3v) is 10.4. The lowest BCUT2D eigenvalue weighted by Gasteiger charge is -2.39. The molecule has 228 valence electrons. The smallest absolute Gasteiger partial charge is 0.145 e. The molecule has 3 heteroatoms. The van der Waals surface area contributed by atoms with E-state index in [0.29, 0.717) is 5.92 Å². The van der Waals surface area contributed by atoms with Gasteiger partial charge in [0, 0.05) is 22.4 Å². The van der Waals surface area contributed by atoms with E-state index in [1.165, 1.54) is 39.1 Å². The van der Waals surface area contributed by atoms with Gasteiger partial charge in [-0.25, -0.2) is 4.98 Å². The van der Waals surface area contributed by atoms with Crippen LogP contribution in [0.2, 0.25) is 0 Å². The van der Waals surface area contributed by atoms with Crippen molar-refractivity contribution < 1.29 is 4.74 Å². The van der Waals surface area contributed by atoms with Gasteiger partial charge in [0.25, 0.3) is 0 Å². The molecule has 0 saturated heterocycles. The highest BCUT2D eigenvalue weighted by molar-refractivity contribution is 5.89. The van der Waals surface area contributed by atoms with E-state index in [0.717, 1.165) is 51.8 Å². The Morgan fingerprint density at radius 1 is 0.604 bits per heavy atom. The first-order chi connectivity index (χ1) is 23.7. The molecular weight excluding hydrogens is 585 g/mol. The zero-order valence-corrected chi connectivity index (χ0v) is 26.6. The molecule has 7 aromatic rings. The first-order valence-electron chi connectivity index (χ1n) is 16.8. The molecular formula is C45H32N2O. The summed E-state index contributed by atoms with van der Waals surface area (Å²) in [5.74, 6) is 3.27. The maximum Gasteiger partial charge on any atom is 0.145 e. The Kier molecular flexibility index (Phi) is 5.83. The lowest BCUT2D eigenvalue weighted by atomic mass is 9.66. The van der Waals surface area contributed by atoms with Crippen LogP contribution >= 0.6 is 0 Å². The quantitative estimate of drug-likeness (QED) is 0.197. The summed E-state index contributed by atoms with van der Waals surface area (Å²) in [5, 5.41) is 0. The molecule has 0 amide bonds. The minimum atomic E-state index is -0.475. The number of para-hydroxylation sites is 2. The normalized spacial score (nSPS) is 16.0. The SMILES string of the molecule is CC1C=Cc2c(nc(-c3ccc(-c4ccc5c(c4)C4(c6ccccc6O5)c5ccccc5-c5ccccc54)cc3)n2-c2ccccc2)C1. The number of rotatable bonds is 3. The first-order valence-corrected chi connectivity index (χ1v) is 16.8. The molecule has 0 radical (unpaired) electrons. The van der Waals surface area contributed by atoms with Crippen molar-refractivity contribution in [3.05, 3.63) is 185 Å². The zero-order valence-electron chi connectivity index (χ0n) is 26.6. The molecule has 1 aliphatic heterocycles. The van der Waals surface area contributed by atoms with Crippen molar-refractivity contribution in [2.75, 3.05) is 0 Å². The number of hydrogen-bond acceptors (Lipinski definition) is 2. The number of aromatic nitrogens is 2. The Labute approximate surface area is 280 Å². The van der Waals surface area contributed by atoms with Gasteiger partial charge in [0.05, 0.1) is 16.8 Å². The van der Waals surface area contributed by atoms with Crippen molar-refractivity contribution in [1.29, 1.82) is 0 Å². The van der Waals surface area contributed by atoms with Crippen molar-refractivity contribution in [2.24, 2.45) is 5.92 Å². The van der Waals surface area contributed by atoms with Gasteiger partial charge in [-0.2, -0.15) is 0 Å². The summed E-state index contributed by atoms with van der Waals surface area (Å²) in [6.07, 6.45) is 5.48. The van der Waals surface area contributed by atoms with Crippen LogP contribution in [-0.2, 0) is 11.8 Å². The fourth-order valence-corrected chi connectivity index (χ4v) is 8.31. The van der Waals surface area contributed by atoms with Crippen molar-refractivity contribution in [2.45, 2.75) is 18.8 Å². The largest absolute Gasteiger partial charge is 0.457 e. The zero-order chi connectivity index (χ0) is 31.8. The van der Waals surface area contributed by atoms with E-state index < -0.39 is 5.41 Å². The van der Waals surface area contributed by atoms with Gasteiger partial charge in [0.15, 0.2) is 0 Å². The van der Waals surface area contributed by atoms with E-state index in [2.05, 4.69) is 169 Å². The van der Waals surface area contributed by atoms with Crippen molar-refractivity contribution in [3.8, 4) is 50.8 Å². The second-order valence-electron chi connectivity index (χ2n) is 13.2. The second kappa shape index (κ2) is 10.3. The van der Waals surface area contributed by atoms with Gasteiger partial charge >= 0.3 is 0 Å². The minimum Gasteiger partial charge on any atom is -0.457 e. The molecule has 48 heavy (non-hydrogen) atoms. The van der Waals surface area contributed by atoms with E-state index in [1.807, 2.05) is 0 Å². The first kappa shape index (κ1) is 27.2. The number of fused-ring (bicyclic) bond motifs is 10. The molecule has 1 spiro atoms. The van der Waals surface area contributed by atoms with E-state index in [1.54, 1.807) is 0 Å². The Bertz CT molecular complexity index is 2370. The highest BCUT2D eigenvalue weighted by atomic mass is 16.5. The van der Waals surface area contributed by atoms with Gasteiger partial charge < -0.3 is 4.74 Å². The highest BCUT2D eigenvalue weighted by Crippen LogP contribution is 2.62. The fraction of sp³-hybridized carbons (Fsp3) is 0.0889. The summed E-state index contributed by atoms with van der Waals surface area (Å²) in [5.41, 5.74) is 13.9. The number of hydrogen-bond donors (Lipinski definition) is 0. The summed E-state index contributed by atoms with van der Waals surface area (Å²) in [4.78, 5) is 5.22. The molecule has 0 bridgehead atoms. The van der Waals surface area contributed by atoms with Crippen molar-refractivity contribution in [1.82, 2.24) is 9.55 Å². The third kappa shape index (κ3) is 3.79. The number of benzene rings is 6. The van der Waals surface area contributed by atoms with Crippen LogP contribution in [0.25, 0.3) is 45.4 Å². The Morgan fingerprint density at radius 2 is 1.21 bits per heavy atom. The summed E-state index contributed by atoms with van der Waals surface area (Å²) in [6, 6.07) is 52.5. The van der Waals surface area contributed by atoms with Gasteiger partial charge in [-0.3, -0.25) is 4.57 Å². The topological polar surface area (TPSA) is 27.1 Å². The average Bonchev–Trinajstić information content (AvgIpc) is 3.66. The average molecular weight is 617 g/mol. The lowest BCUT2D eigenvalue weighted by Crippen LogP contribution is -2.32. The minimum absolute atomic E-state index is 0.475. The van der Waals surface area contributed by atoms with Crippen LogP contribution in [0.1, 0.15) is 40.6 Å². The van der Waals surface area contributed by atoms with E-state index >= 15 is 0 Å². The molecule has 0 fully saturated rings. The molecule has 1 unspecified atom stereocenters.